The lowest BCUT2D eigenvalue weighted by Gasteiger charge is -2.34. The van der Waals surface area contributed by atoms with Gasteiger partial charge in [0, 0.05) is 43.5 Å². The molecule has 0 aromatic carbocycles. The molecule has 0 amide bonds. The first kappa shape index (κ1) is 21.8. The zero-order chi connectivity index (χ0) is 22.9. The van der Waals surface area contributed by atoms with Crippen LogP contribution in [0.2, 0.25) is 0 Å². The molecular formula is C23H30N8OS. The van der Waals surface area contributed by atoms with E-state index in [4.69, 9.17) is 14.8 Å². The van der Waals surface area contributed by atoms with Crippen molar-refractivity contribution in [2.24, 2.45) is 0 Å². The Balaban J connectivity index is 1.47. The van der Waals surface area contributed by atoms with Crippen LogP contribution in [0.4, 0.5) is 5.00 Å². The maximum Gasteiger partial charge on any atom is 0.197 e. The summed E-state index contributed by atoms with van der Waals surface area (Å²) in [7, 11) is 1.65. The van der Waals surface area contributed by atoms with Crippen LogP contribution in [-0.4, -0.2) is 74.5 Å². The molecule has 0 radical (unpaired) electrons. The Bertz CT molecular complexity index is 1230. The van der Waals surface area contributed by atoms with E-state index in [1.807, 2.05) is 18.5 Å². The van der Waals surface area contributed by atoms with Gasteiger partial charge in [-0.25, -0.2) is 14.5 Å². The van der Waals surface area contributed by atoms with E-state index in [9.17, 15) is 0 Å². The first-order chi connectivity index (χ1) is 16.1. The Kier molecular flexibility index (Phi) is 6.03. The van der Waals surface area contributed by atoms with E-state index in [0.29, 0.717) is 11.4 Å². The Hall–Kier alpha value is -2.98. The lowest BCUT2D eigenvalue weighted by Crippen LogP contribution is -2.46. The number of anilines is 1. The van der Waals surface area contributed by atoms with Gasteiger partial charge in [0.05, 0.1) is 19.0 Å². The number of nitrogens with one attached hydrogen (secondary N) is 1. The minimum Gasteiger partial charge on any atom is -0.493 e. The molecule has 0 aliphatic carbocycles. The molecule has 0 spiro atoms. The number of fused-ring (bicyclic) bond motifs is 1. The Labute approximate surface area is 197 Å². The number of ether oxygens (including phenoxy) is 1. The molecular weight excluding hydrogens is 436 g/mol. The summed E-state index contributed by atoms with van der Waals surface area (Å²) in [6.45, 7) is 12.1. The molecule has 33 heavy (non-hydrogen) atoms. The second kappa shape index (κ2) is 9.11. The molecule has 4 aromatic heterocycles. The lowest BCUT2D eigenvalue weighted by atomic mass is 9.97. The van der Waals surface area contributed by atoms with Crippen molar-refractivity contribution in [2.75, 3.05) is 44.7 Å². The molecule has 1 saturated heterocycles. The highest BCUT2D eigenvalue weighted by Gasteiger charge is 2.24. The molecule has 1 aliphatic rings. The normalized spacial score (nSPS) is 15.1. The number of H-pyrrole nitrogens is 1. The van der Waals surface area contributed by atoms with E-state index in [1.165, 1.54) is 24.3 Å². The van der Waals surface area contributed by atoms with E-state index >= 15 is 0 Å². The van der Waals surface area contributed by atoms with Crippen molar-refractivity contribution in [1.82, 2.24) is 34.7 Å². The van der Waals surface area contributed by atoms with Crippen LogP contribution >= 0.6 is 11.3 Å². The summed E-state index contributed by atoms with van der Waals surface area (Å²) in [4.78, 5) is 14.0. The second-order valence-corrected chi connectivity index (χ2v) is 9.68. The number of methoxy groups -OCH3 is 1. The first-order valence-corrected chi connectivity index (χ1v) is 12.3. The minimum atomic E-state index is 0.260. The summed E-state index contributed by atoms with van der Waals surface area (Å²) in [6, 6.07) is 1.98. The van der Waals surface area contributed by atoms with Crippen molar-refractivity contribution in [1.29, 1.82) is 0 Å². The topological polar surface area (TPSA) is 87.5 Å². The maximum atomic E-state index is 5.56. The molecule has 0 saturated carbocycles. The second-order valence-electron chi connectivity index (χ2n) is 8.67. The van der Waals surface area contributed by atoms with Gasteiger partial charge in [-0.3, -0.25) is 10.00 Å². The number of nitrogens with zero attached hydrogens (tertiary/aromatic N) is 7. The molecule has 4 aromatic rings. The number of thiazole rings is 1. The summed E-state index contributed by atoms with van der Waals surface area (Å²) >= 11 is 1.72. The predicted molar refractivity (Wildman–Crippen MR) is 131 cm³/mol. The van der Waals surface area contributed by atoms with Crippen molar-refractivity contribution in [3.63, 3.8) is 0 Å². The van der Waals surface area contributed by atoms with Crippen LogP contribution in [0.5, 0.6) is 5.75 Å². The Morgan fingerprint density at radius 3 is 2.73 bits per heavy atom. The number of aromatic amines is 1. The average molecular weight is 467 g/mol. The molecule has 0 bridgehead atoms. The van der Waals surface area contributed by atoms with Gasteiger partial charge >= 0.3 is 0 Å². The van der Waals surface area contributed by atoms with Crippen molar-refractivity contribution in [2.45, 2.75) is 33.1 Å². The number of aromatic nitrogens is 6. The van der Waals surface area contributed by atoms with Crippen molar-refractivity contribution in [3.8, 4) is 27.7 Å². The fourth-order valence-corrected chi connectivity index (χ4v) is 5.48. The van der Waals surface area contributed by atoms with Gasteiger partial charge in [0.1, 0.15) is 22.0 Å². The summed E-state index contributed by atoms with van der Waals surface area (Å²) in [5.41, 5.74) is 4.66. The molecule has 5 rings (SSSR count). The predicted octanol–water partition coefficient (Wildman–Crippen LogP) is 3.91. The third-order valence-corrected chi connectivity index (χ3v) is 7.22. The highest BCUT2D eigenvalue weighted by molar-refractivity contribution is 7.18. The van der Waals surface area contributed by atoms with Gasteiger partial charge in [-0.2, -0.15) is 10.2 Å². The summed E-state index contributed by atoms with van der Waals surface area (Å²) in [6.07, 6.45) is 6.69. The Morgan fingerprint density at radius 2 is 2.00 bits per heavy atom. The molecule has 174 valence electrons. The van der Waals surface area contributed by atoms with Crippen molar-refractivity contribution in [3.05, 3.63) is 30.4 Å². The number of hydrogen-bond donors (Lipinski definition) is 1. The average Bonchev–Trinajstić information content (AvgIpc) is 3.57. The zero-order valence-electron chi connectivity index (χ0n) is 19.6. The monoisotopic (exact) mass is 466 g/mol. The van der Waals surface area contributed by atoms with Crippen molar-refractivity contribution >= 4 is 22.0 Å². The molecule has 0 unspecified atom stereocenters. The smallest absolute Gasteiger partial charge is 0.197 e. The van der Waals surface area contributed by atoms with Crippen LogP contribution in [0.25, 0.3) is 27.6 Å². The largest absolute Gasteiger partial charge is 0.493 e. The molecule has 1 fully saturated rings. The maximum absolute atomic E-state index is 5.56. The van der Waals surface area contributed by atoms with Crippen LogP contribution in [0.15, 0.2) is 24.8 Å². The third kappa shape index (κ3) is 4.08. The number of pyridine rings is 1. The fourth-order valence-electron chi connectivity index (χ4n) is 4.51. The van der Waals surface area contributed by atoms with Crippen molar-refractivity contribution < 1.29 is 4.74 Å². The number of rotatable bonds is 7. The standard InChI is InChI=1S/C23H30N8OS/c1-5-6-29-7-9-30(10-8-29)18-12-24-23(33-18)21-19(15(2)3)20(27-28-21)16-11-17(32-4)22-25-14-26-31(22)13-16/h11-15H,5-10H2,1-4H3,(H,27,28). The molecule has 0 atom stereocenters. The molecule has 5 heterocycles. The van der Waals surface area contributed by atoms with Gasteiger partial charge in [-0.1, -0.05) is 32.1 Å². The summed E-state index contributed by atoms with van der Waals surface area (Å²) in [5.74, 6) is 0.936. The minimum absolute atomic E-state index is 0.260. The molecule has 9 nitrogen and oxygen atoms in total. The zero-order valence-corrected chi connectivity index (χ0v) is 20.4. The third-order valence-electron chi connectivity index (χ3n) is 6.15. The first-order valence-electron chi connectivity index (χ1n) is 11.5. The van der Waals surface area contributed by atoms with Crippen LogP contribution in [0.1, 0.15) is 38.7 Å². The number of piperazine rings is 1. The molecule has 1 aliphatic heterocycles. The Morgan fingerprint density at radius 1 is 1.18 bits per heavy atom. The van der Waals surface area contributed by atoms with Gasteiger partial charge in [-0.05, 0) is 24.9 Å². The number of hydrogen-bond acceptors (Lipinski definition) is 8. The molecule has 10 heteroatoms. The van der Waals surface area contributed by atoms with Gasteiger partial charge in [0.2, 0.25) is 0 Å². The summed E-state index contributed by atoms with van der Waals surface area (Å²) < 4.78 is 7.29. The highest BCUT2D eigenvalue weighted by Crippen LogP contribution is 2.39. The van der Waals surface area contributed by atoms with Crippen LogP contribution in [0, 0.1) is 0 Å². The van der Waals surface area contributed by atoms with Crippen LogP contribution in [-0.2, 0) is 0 Å². The highest BCUT2D eigenvalue weighted by atomic mass is 32.1. The van der Waals surface area contributed by atoms with E-state index in [2.05, 4.69) is 45.8 Å². The van der Waals surface area contributed by atoms with E-state index in [-0.39, 0.29) is 5.92 Å². The van der Waals surface area contributed by atoms with Crippen LogP contribution in [0.3, 0.4) is 0 Å². The van der Waals surface area contributed by atoms with E-state index in [1.54, 1.807) is 23.0 Å². The van der Waals surface area contributed by atoms with Gasteiger partial charge < -0.3 is 9.64 Å². The summed E-state index contributed by atoms with van der Waals surface area (Å²) in [5, 5.41) is 14.4. The quantitative estimate of drug-likeness (QED) is 0.442. The fraction of sp³-hybridized carbons (Fsp3) is 0.478. The molecule has 1 N–H and O–H groups in total. The lowest BCUT2D eigenvalue weighted by molar-refractivity contribution is 0.259. The van der Waals surface area contributed by atoms with E-state index in [0.717, 1.165) is 53.7 Å². The van der Waals surface area contributed by atoms with Gasteiger partial charge in [0.15, 0.2) is 11.4 Å². The SMILES string of the molecule is CCCN1CCN(c2cnc(-c3n[nH]c(-c4cc(OC)c5ncnn5c4)c3C(C)C)s2)CC1. The van der Waals surface area contributed by atoms with Gasteiger partial charge in [0.25, 0.3) is 0 Å². The van der Waals surface area contributed by atoms with Crippen LogP contribution < -0.4 is 9.64 Å². The van der Waals surface area contributed by atoms with Gasteiger partial charge in [-0.15, -0.1) is 0 Å². The van der Waals surface area contributed by atoms with E-state index < -0.39 is 0 Å².